The molecular formula is C23H27FN3O5S+. The van der Waals surface area contributed by atoms with Gasteiger partial charge < -0.3 is 9.80 Å². The van der Waals surface area contributed by atoms with Gasteiger partial charge in [-0.1, -0.05) is 24.3 Å². The summed E-state index contributed by atoms with van der Waals surface area (Å²) in [5.41, 5.74) is 0.598. The summed E-state index contributed by atoms with van der Waals surface area (Å²) in [6.45, 7) is 0.799. The van der Waals surface area contributed by atoms with Crippen molar-refractivity contribution in [1.29, 1.82) is 0 Å². The Kier molecular flexibility index (Phi) is 7.11. The van der Waals surface area contributed by atoms with Crippen LogP contribution in [0.25, 0.3) is 0 Å². The van der Waals surface area contributed by atoms with Gasteiger partial charge in [0.15, 0.2) is 5.78 Å². The van der Waals surface area contributed by atoms with Gasteiger partial charge >= 0.3 is 0 Å². The number of quaternary nitrogens is 1. The van der Waals surface area contributed by atoms with Crippen LogP contribution < -0.4 is 4.90 Å². The Hall–Kier alpha value is -2.95. The lowest BCUT2D eigenvalue weighted by molar-refractivity contribution is -0.857. The number of nitrogens with zero attached hydrogens (tertiary/aromatic N) is 2. The van der Waals surface area contributed by atoms with Gasteiger partial charge in [0, 0.05) is 19.7 Å². The molecule has 8 nitrogen and oxygen atoms in total. The summed E-state index contributed by atoms with van der Waals surface area (Å²) in [6, 6.07) is 9.77. The minimum absolute atomic E-state index is 0.00328. The molecule has 2 aromatic rings. The highest BCUT2D eigenvalue weighted by molar-refractivity contribution is 7.89. The van der Waals surface area contributed by atoms with Gasteiger partial charge in [-0.2, -0.15) is 0 Å². The van der Waals surface area contributed by atoms with E-state index < -0.39 is 45.3 Å². The Morgan fingerprint density at radius 1 is 1.03 bits per heavy atom. The van der Waals surface area contributed by atoms with Crippen LogP contribution in [0.2, 0.25) is 0 Å². The number of nitrogens with one attached hydrogen (secondary N) is 1. The number of sulfonamides is 1. The van der Waals surface area contributed by atoms with Gasteiger partial charge in [-0.3, -0.25) is 14.4 Å². The van der Waals surface area contributed by atoms with Crippen LogP contribution in [0.5, 0.6) is 0 Å². The zero-order valence-electron chi connectivity index (χ0n) is 18.9. The first-order valence-electron chi connectivity index (χ1n) is 10.4. The van der Waals surface area contributed by atoms with Crippen LogP contribution in [0.1, 0.15) is 22.0 Å². The summed E-state index contributed by atoms with van der Waals surface area (Å²) in [7, 11) is 2.92. The van der Waals surface area contributed by atoms with Gasteiger partial charge in [0.1, 0.15) is 11.7 Å². The van der Waals surface area contributed by atoms with Crippen molar-refractivity contribution in [2.75, 3.05) is 41.3 Å². The lowest BCUT2D eigenvalue weighted by Crippen LogP contribution is -3.06. The average Bonchev–Trinajstić information content (AvgIpc) is 3.02. The molecule has 176 valence electrons. The largest absolute Gasteiger partial charge is 0.338 e. The van der Waals surface area contributed by atoms with Gasteiger partial charge in [0.25, 0.3) is 5.91 Å². The van der Waals surface area contributed by atoms with Crippen LogP contribution in [0.15, 0.2) is 53.4 Å². The number of likely N-dealkylation sites (tertiary alicyclic amines) is 1. The first-order valence-corrected chi connectivity index (χ1v) is 11.8. The van der Waals surface area contributed by atoms with Crippen LogP contribution in [0.3, 0.4) is 0 Å². The molecule has 0 bridgehead atoms. The summed E-state index contributed by atoms with van der Waals surface area (Å²) in [6.07, 6.45) is 0. The minimum atomic E-state index is -3.69. The quantitative estimate of drug-likeness (QED) is 0.333. The fourth-order valence-corrected chi connectivity index (χ4v) is 4.69. The molecule has 2 unspecified atom stereocenters. The number of rotatable bonds is 8. The van der Waals surface area contributed by atoms with E-state index in [2.05, 4.69) is 0 Å². The number of carbonyl (C=O) groups excluding carboxylic acids is 3. The van der Waals surface area contributed by atoms with E-state index in [0.717, 1.165) is 9.21 Å². The van der Waals surface area contributed by atoms with Crippen molar-refractivity contribution in [2.24, 2.45) is 5.92 Å². The third kappa shape index (κ3) is 4.87. The SMILES string of the molecule is CN(C)S(=O)(=O)c1ccc(C(=O)C2C(=O)C(=O)N(CC[NH+](C)C)C2c2ccc(F)cc2)cc1. The smallest absolute Gasteiger partial charge is 0.291 e. The van der Waals surface area contributed by atoms with Crippen LogP contribution in [0, 0.1) is 11.7 Å². The topological polar surface area (TPSA) is 96.3 Å². The van der Waals surface area contributed by atoms with Gasteiger partial charge in [0.2, 0.25) is 15.8 Å². The second-order valence-electron chi connectivity index (χ2n) is 8.47. The van der Waals surface area contributed by atoms with Gasteiger partial charge in [-0.05, 0) is 29.8 Å². The third-order valence-electron chi connectivity index (χ3n) is 5.67. The maximum atomic E-state index is 13.5. The number of benzene rings is 2. The first-order chi connectivity index (χ1) is 15.4. The molecule has 0 radical (unpaired) electrons. The standard InChI is InChI=1S/C23H26FN3O5S/c1-25(2)13-14-27-20(15-5-9-17(24)10-6-15)19(22(29)23(27)30)21(28)16-7-11-18(12-8-16)33(31,32)26(3)4/h5-12,19-20H,13-14H2,1-4H3/p+1. The molecular weight excluding hydrogens is 449 g/mol. The van der Waals surface area contributed by atoms with Crippen molar-refractivity contribution in [3.63, 3.8) is 0 Å². The molecule has 10 heteroatoms. The molecule has 1 fully saturated rings. The lowest BCUT2D eigenvalue weighted by atomic mass is 9.86. The molecule has 0 aliphatic carbocycles. The molecule has 1 aliphatic heterocycles. The number of likely N-dealkylation sites (N-methyl/N-ethyl adjacent to an activating group) is 1. The Balaban J connectivity index is 2.01. The second kappa shape index (κ2) is 9.50. The predicted molar refractivity (Wildman–Crippen MR) is 119 cm³/mol. The molecule has 0 aromatic heterocycles. The molecule has 33 heavy (non-hydrogen) atoms. The van der Waals surface area contributed by atoms with E-state index in [9.17, 15) is 27.2 Å². The summed E-state index contributed by atoms with van der Waals surface area (Å²) in [4.78, 5) is 41.6. The lowest BCUT2D eigenvalue weighted by Gasteiger charge is -2.27. The Bertz CT molecular complexity index is 1160. The van der Waals surface area contributed by atoms with Gasteiger partial charge in [-0.15, -0.1) is 0 Å². The molecule has 1 amide bonds. The summed E-state index contributed by atoms with van der Waals surface area (Å²) < 4.78 is 39.2. The first kappa shape index (κ1) is 24.7. The van der Waals surface area contributed by atoms with Crippen LogP contribution in [-0.2, 0) is 19.6 Å². The zero-order chi connectivity index (χ0) is 24.5. The number of ketones is 2. The normalized spacial score (nSPS) is 19.1. The van der Waals surface area contributed by atoms with E-state index in [1.54, 1.807) is 0 Å². The highest BCUT2D eigenvalue weighted by Crippen LogP contribution is 2.38. The van der Waals surface area contributed by atoms with E-state index in [1.165, 1.54) is 67.5 Å². The molecule has 1 aliphatic rings. The molecule has 1 N–H and O–H groups in total. The molecule has 1 saturated heterocycles. The monoisotopic (exact) mass is 476 g/mol. The van der Waals surface area contributed by atoms with Crippen molar-refractivity contribution in [3.8, 4) is 0 Å². The number of hydrogen-bond donors (Lipinski definition) is 1. The third-order valence-corrected chi connectivity index (χ3v) is 7.50. The van der Waals surface area contributed by atoms with E-state index >= 15 is 0 Å². The van der Waals surface area contributed by atoms with Crippen LogP contribution in [-0.4, -0.2) is 76.4 Å². The maximum Gasteiger partial charge on any atom is 0.291 e. The molecule has 2 atom stereocenters. The van der Waals surface area contributed by atoms with Gasteiger partial charge in [-0.25, -0.2) is 17.1 Å². The van der Waals surface area contributed by atoms with E-state index in [0.29, 0.717) is 12.1 Å². The number of carbonyl (C=O) groups is 3. The molecule has 2 aromatic carbocycles. The number of halogens is 1. The Labute approximate surface area is 192 Å². The van der Waals surface area contributed by atoms with Crippen molar-refractivity contribution >= 4 is 27.5 Å². The zero-order valence-corrected chi connectivity index (χ0v) is 19.7. The fraction of sp³-hybridized carbons (Fsp3) is 0.348. The van der Waals surface area contributed by atoms with Crippen molar-refractivity contribution in [2.45, 2.75) is 10.9 Å². The van der Waals surface area contributed by atoms with Crippen LogP contribution in [0.4, 0.5) is 4.39 Å². The maximum absolute atomic E-state index is 13.5. The molecule has 0 saturated carbocycles. The van der Waals surface area contributed by atoms with Crippen molar-refractivity contribution < 1.29 is 32.1 Å². The number of hydrogen-bond acceptors (Lipinski definition) is 5. The number of amides is 1. The Morgan fingerprint density at radius 3 is 2.12 bits per heavy atom. The van der Waals surface area contributed by atoms with Crippen molar-refractivity contribution in [3.05, 3.63) is 65.5 Å². The average molecular weight is 477 g/mol. The van der Waals surface area contributed by atoms with E-state index in [4.69, 9.17) is 0 Å². The predicted octanol–water partition coefficient (Wildman–Crippen LogP) is 0.172. The van der Waals surface area contributed by atoms with Crippen LogP contribution >= 0.6 is 0 Å². The van der Waals surface area contributed by atoms with Gasteiger partial charge in [0.05, 0.1) is 38.1 Å². The molecule has 0 spiro atoms. The minimum Gasteiger partial charge on any atom is -0.338 e. The van der Waals surface area contributed by atoms with Crippen molar-refractivity contribution in [1.82, 2.24) is 9.21 Å². The van der Waals surface area contributed by atoms with E-state index in [1.807, 2.05) is 14.1 Å². The highest BCUT2D eigenvalue weighted by atomic mass is 32.2. The fourth-order valence-electron chi connectivity index (χ4n) is 3.79. The second-order valence-corrected chi connectivity index (χ2v) is 10.6. The Morgan fingerprint density at radius 2 is 1.61 bits per heavy atom. The van der Waals surface area contributed by atoms with E-state index in [-0.39, 0.29) is 17.0 Å². The summed E-state index contributed by atoms with van der Waals surface area (Å²) >= 11 is 0. The molecule has 3 rings (SSSR count). The summed E-state index contributed by atoms with van der Waals surface area (Å²) in [5, 5.41) is 0. The summed E-state index contributed by atoms with van der Waals surface area (Å²) in [5.74, 6) is -3.95. The number of Topliss-reactive ketones (excluding diaryl/α,β-unsaturated/α-hetero) is 2. The molecule has 1 heterocycles. The highest BCUT2D eigenvalue weighted by Gasteiger charge is 2.51.